The molecule has 0 unspecified atom stereocenters. The Bertz CT molecular complexity index is 782. The van der Waals surface area contributed by atoms with Gasteiger partial charge in [0.1, 0.15) is 0 Å². The predicted molar refractivity (Wildman–Crippen MR) is 339 cm³/mol. The fourth-order valence-corrected chi connectivity index (χ4v) is 6.84. The molecule has 0 amide bonds. The molecule has 0 aromatic carbocycles. The maximum Gasteiger partial charge on any atom is 0.0558 e. The predicted octanol–water partition coefficient (Wildman–Crippen LogP) is -15.6. The molecule has 94 heavy (non-hydrogen) atoms. The van der Waals surface area contributed by atoms with E-state index >= 15 is 0 Å². The second-order valence-corrected chi connectivity index (χ2v) is 18.1. The number of rotatable bonds is 54. The molecule has 0 bridgehead atoms. The number of hydrogen-bond donors (Lipinski definition) is 27. The van der Waals surface area contributed by atoms with Gasteiger partial charge in [-0.15, -0.1) is 0 Å². The quantitative estimate of drug-likeness (QED) is 0.0251. The van der Waals surface area contributed by atoms with E-state index in [1.54, 1.807) is 44.1 Å². The maximum atomic E-state index is 8.48. The smallest absolute Gasteiger partial charge is 0.0558 e. The Morgan fingerprint density at radius 1 is 0.0851 bits per heavy atom. The minimum Gasteiger partial charge on any atom is -0.395 e. The van der Waals surface area contributed by atoms with E-state index in [1.807, 2.05) is 0 Å². The van der Waals surface area contributed by atoms with Crippen LogP contribution in [0.15, 0.2) is 0 Å². The van der Waals surface area contributed by atoms with E-state index in [0.29, 0.717) is 177 Å². The minimum atomic E-state index is 0. The molecule has 0 atom stereocenters. The van der Waals surface area contributed by atoms with Crippen LogP contribution in [0.1, 0.15) is 0 Å². The van der Waals surface area contributed by atoms with Crippen molar-refractivity contribution in [1.29, 1.82) is 0 Å². The third-order valence-electron chi connectivity index (χ3n) is 11.2. The van der Waals surface area contributed by atoms with E-state index in [-0.39, 0.29) is 265 Å². The van der Waals surface area contributed by atoms with Gasteiger partial charge in [0.15, 0.2) is 0 Å². The minimum absolute atomic E-state index is 0. The third-order valence-corrected chi connectivity index (χ3v) is 11.2. The summed E-state index contributed by atoms with van der Waals surface area (Å²) in [6.45, 7) is 15.8. The number of aliphatic hydroxyl groups is 27. The monoisotopic (exact) mass is 1530 g/mol. The van der Waals surface area contributed by atoms with E-state index in [0.717, 1.165) is 0 Å². The summed E-state index contributed by atoms with van der Waals surface area (Å²) in [4.78, 5) is 16.1. The SMILES string of the molecule is OCCN(CCO)CCO.OCCN(CCO)CCO.OCCN(CCO)CCO.OCCN(CCO)CCO.OCCN(CCO)CCO.OCCN(CCO)CCO.OCCN(CCO)CCO.OCCN(CCO)CCO.OCCN(CCO)CCO.[Ti].[Ti].[Ti].[Ti]. The van der Waals surface area contributed by atoms with Crippen molar-refractivity contribution >= 4 is 0 Å². The first kappa shape index (κ1) is 125. The maximum absolute atomic E-state index is 8.48. The van der Waals surface area contributed by atoms with Gasteiger partial charge in [0.05, 0.1) is 178 Å². The molecule has 0 aliphatic carbocycles. The van der Waals surface area contributed by atoms with Crippen molar-refractivity contribution in [3.05, 3.63) is 0 Å². The van der Waals surface area contributed by atoms with Crippen LogP contribution in [0.4, 0.5) is 0 Å². The van der Waals surface area contributed by atoms with Gasteiger partial charge in [-0.1, -0.05) is 0 Å². The average molecular weight is 1530 g/mol. The first-order valence-electron chi connectivity index (χ1n) is 30.6. The zero-order valence-electron chi connectivity index (χ0n) is 56.3. The van der Waals surface area contributed by atoms with Crippen molar-refractivity contribution in [2.45, 2.75) is 0 Å². The summed E-state index contributed by atoms with van der Waals surface area (Å²) in [5.74, 6) is 0. The van der Waals surface area contributed by atoms with Crippen LogP contribution in [-0.2, 0) is 86.9 Å². The fourth-order valence-electron chi connectivity index (χ4n) is 6.84. The Morgan fingerprint density at radius 2 is 0.117 bits per heavy atom. The molecule has 0 saturated carbocycles. The molecule has 574 valence electrons. The van der Waals surface area contributed by atoms with Gasteiger partial charge in [0, 0.05) is 264 Å². The van der Waals surface area contributed by atoms with Crippen molar-refractivity contribution in [3.8, 4) is 0 Å². The molecule has 36 nitrogen and oxygen atoms in total. The van der Waals surface area contributed by atoms with Gasteiger partial charge in [-0.3, -0.25) is 44.1 Å². The molecule has 0 aliphatic heterocycles. The van der Waals surface area contributed by atoms with Crippen molar-refractivity contribution in [2.24, 2.45) is 0 Å². The molecule has 0 rings (SSSR count). The molecule has 0 heterocycles. The second-order valence-electron chi connectivity index (χ2n) is 18.1. The molecular weight excluding hydrogens is 1400 g/mol. The van der Waals surface area contributed by atoms with Crippen LogP contribution < -0.4 is 0 Å². The van der Waals surface area contributed by atoms with E-state index in [2.05, 4.69) is 0 Å². The first-order chi connectivity index (χ1) is 43.6. The van der Waals surface area contributed by atoms with Crippen molar-refractivity contribution in [3.63, 3.8) is 0 Å². The standard InChI is InChI=1S/9C6H15NO3.4Ti/c9*8-4-1-7(2-5-9)3-6-10;;;;/h9*8-10H,1-6H2;;;;. The summed E-state index contributed by atoms with van der Waals surface area (Å²) in [6.07, 6.45) is 0. The third kappa shape index (κ3) is 117. The van der Waals surface area contributed by atoms with Gasteiger partial charge in [-0.2, -0.15) is 0 Å². The number of hydrogen-bond acceptors (Lipinski definition) is 36. The summed E-state index contributed by atoms with van der Waals surface area (Å²) in [5, 5.41) is 229. The Kier molecular flexibility index (Phi) is 162. The topological polar surface area (TPSA) is 575 Å². The molecule has 0 aliphatic rings. The van der Waals surface area contributed by atoms with Crippen LogP contribution >= 0.6 is 0 Å². The molecule has 0 aromatic heterocycles. The molecule has 0 saturated heterocycles. The zero-order chi connectivity index (χ0) is 70.4. The van der Waals surface area contributed by atoms with Gasteiger partial charge in [-0.05, 0) is 0 Å². The Morgan fingerprint density at radius 3 is 0.138 bits per heavy atom. The number of nitrogens with zero attached hydrogens (tertiary/aromatic N) is 9. The van der Waals surface area contributed by atoms with Crippen LogP contribution in [0.25, 0.3) is 0 Å². The summed E-state index contributed by atoms with van der Waals surface area (Å²) in [5.41, 5.74) is 0. The molecular formula is C54H135N9O27Ti4. The van der Waals surface area contributed by atoms with E-state index in [9.17, 15) is 0 Å². The van der Waals surface area contributed by atoms with Gasteiger partial charge in [-0.25, -0.2) is 0 Å². The molecule has 0 radical (unpaired) electrons. The molecule has 0 fully saturated rings. The molecule has 0 aromatic rings. The van der Waals surface area contributed by atoms with Gasteiger partial charge in [0.2, 0.25) is 0 Å². The Hall–Kier alpha value is 1.42. The summed E-state index contributed by atoms with van der Waals surface area (Å²) < 4.78 is 0. The fraction of sp³-hybridized carbons (Fsp3) is 1.00. The first-order valence-corrected chi connectivity index (χ1v) is 30.6. The Labute approximate surface area is 619 Å². The summed E-state index contributed by atoms with van der Waals surface area (Å²) in [7, 11) is 0. The Balaban J connectivity index is -0.0000000710. The van der Waals surface area contributed by atoms with Crippen molar-refractivity contribution in [2.75, 3.05) is 355 Å². The normalized spacial score (nSPS) is 10.3. The van der Waals surface area contributed by atoms with Crippen LogP contribution in [0.3, 0.4) is 0 Å². The average Bonchev–Trinajstić information content (AvgIpc) is 3.54. The van der Waals surface area contributed by atoms with E-state index in [1.165, 1.54) is 0 Å². The summed E-state index contributed by atoms with van der Waals surface area (Å²) in [6, 6.07) is 0. The molecule has 40 heteroatoms. The van der Waals surface area contributed by atoms with Crippen LogP contribution in [0, 0.1) is 0 Å². The van der Waals surface area contributed by atoms with Gasteiger partial charge < -0.3 is 138 Å². The van der Waals surface area contributed by atoms with Gasteiger partial charge >= 0.3 is 0 Å². The number of aliphatic hydroxyl groups excluding tert-OH is 27. The van der Waals surface area contributed by atoms with Crippen molar-refractivity contribution in [1.82, 2.24) is 44.1 Å². The van der Waals surface area contributed by atoms with Crippen LogP contribution in [0.5, 0.6) is 0 Å². The van der Waals surface area contributed by atoms with Crippen molar-refractivity contribution < 1.29 is 225 Å². The summed E-state index contributed by atoms with van der Waals surface area (Å²) >= 11 is 0. The second kappa shape index (κ2) is 121. The van der Waals surface area contributed by atoms with Crippen LogP contribution in [0.2, 0.25) is 0 Å². The largest absolute Gasteiger partial charge is 0.395 e. The zero-order valence-corrected chi connectivity index (χ0v) is 62.5. The van der Waals surface area contributed by atoms with E-state index < -0.39 is 0 Å². The van der Waals surface area contributed by atoms with Crippen LogP contribution in [-0.4, -0.2) is 537 Å². The van der Waals surface area contributed by atoms with Gasteiger partial charge in [0.25, 0.3) is 0 Å². The molecule has 0 spiro atoms. The van der Waals surface area contributed by atoms with E-state index in [4.69, 9.17) is 138 Å². The molecule has 27 N–H and O–H groups in total.